The predicted octanol–water partition coefficient (Wildman–Crippen LogP) is 5.01. The first-order valence-electron chi connectivity index (χ1n) is 11.2. The van der Waals surface area contributed by atoms with Gasteiger partial charge in [-0.05, 0) is 73.7 Å². The Hall–Kier alpha value is -2.94. The van der Waals surface area contributed by atoms with Crippen molar-refractivity contribution in [1.29, 1.82) is 0 Å². The molecule has 0 radical (unpaired) electrons. The van der Waals surface area contributed by atoms with Gasteiger partial charge >= 0.3 is 6.36 Å². The summed E-state index contributed by atoms with van der Waals surface area (Å²) in [6, 6.07) is 13.2. The van der Waals surface area contributed by atoms with Crippen LogP contribution in [0.3, 0.4) is 0 Å². The second-order valence-electron chi connectivity index (χ2n) is 8.15. The number of hydrogen-bond acceptors (Lipinski definition) is 4. The molecular weight excluding hydrogens is 433 g/mol. The topological polar surface area (TPSA) is 72.1 Å². The lowest BCUT2D eigenvalue weighted by Crippen LogP contribution is -2.42. The minimum Gasteiger partial charge on any atom is -0.489 e. The summed E-state index contributed by atoms with van der Waals surface area (Å²) < 4.78 is 46.4. The Balaban J connectivity index is 1.55. The number of nitrogens with zero attached hydrogens (tertiary/aromatic N) is 2. The van der Waals surface area contributed by atoms with E-state index in [1.54, 1.807) is 12.1 Å². The average molecular weight is 465 g/mol. The van der Waals surface area contributed by atoms with E-state index in [2.05, 4.69) is 21.9 Å². The number of rotatable bonds is 8. The van der Waals surface area contributed by atoms with E-state index in [1.807, 2.05) is 24.3 Å². The summed E-state index contributed by atoms with van der Waals surface area (Å²) >= 11 is 0. The molecule has 2 aromatic rings. The molecule has 0 spiro atoms. The number of aliphatic imine (C=N–C) groups is 1. The number of nitrogens with one attached hydrogen (secondary N) is 1. The average Bonchev–Trinajstić information content (AvgIpc) is 2.78. The lowest BCUT2D eigenvalue weighted by atomic mass is 9.99. The van der Waals surface area contributed by atoms with E-state index in [4.69, 9.17) is 15.5 Å². The first-order valence-corrected chi connectivity index (χ1v) is 11.2. The summed E-state index contributed by atoms with van der Waals surface area (Å²) in [5, 5.41) is 3.42. The lowest BCUT2D eigenvalue weighted by Gasteiger charge is -2.33. The van der Waals surface area contributed by atoms with Crippen LogP contribution in [0.25, 0.3) is 0 Å². The zero-order chi connectivity index (χ0) is 23.7. The Morgan fingerprint density at radius 2 is 1.70 bits per heavy atom. The molecule has 0 atom stereocenters. The number of anilines is 1. The van der Waals surface area contributed by atoms with Crippen molar-refractivity contribution in [2.45, 2.75) is 39.2 Å². The highest BCUT2D eigenvalue weighted by atomic mass is 19.4. The van der Waals surface area contributed by atoms with E-state index >= 15 is 0 Å². The minimum atomic E-state index is -4.70. The highest BCUT2D eigenvalue weighted by Crippen LogP contribution is 2.24. The van der Waals surface area contributed by atoms with Crippen LogP contribution in [0.2, 0.25) is 0 Å². The Labute approximate surface area is 192 Å². The molecule has 1 fully saturated rings. The van der Waals surface area contributed by atoms with Gasteiger partial charge in [-0.25, -0.2) is 0 Å². The van der Waals surface area contributed by atoms with E-state index in [0.717, 1.165) is 55.5 Å². The van der Waals surface area contributed by atoms with E-state index in [9.17, 15) is 13.2 Å². The lowest BCUT2D eigenvalue weighted by molar-refractivity contribution is -0.274. The third kappa shape index (κ3) is 8.49. The number of alkyl halides is 3. The van der Waals surface area contributed by atoms with E-state index in [1.165, 1.54) is 12.1 Å². The second kappa shape index (κ2) is 11.8. The molecule has 6 nitrogen and oxygen atoms in total. The summed E-state index contributed by atoms with van der Waals surface area (Å²) in [6.07, 6.45) is -1.57. The van der Waals surface area contributed by atoms with Gasteiger partial charge in [0.15, 0.2) is 5.96 Å². The Morgan fingerprint density at radius 3 is 2.30 bits per heavy atom. The van der Waals surface area contributed by atoms with Crippen LogP contribution in [0.15, 0.2) is 53.5 Å². The van der Waals surface area contributed by atoms with Crippen molar-refractivity contribution < 1.29 is 22.6 Å². The molecule has 0 saturated carbocycles. The number of hydrogen-bond donors (Lipinski definition) is 2. The van der Waals surface area contributed by atoms with Gasteiger partial charge in [0.1, 0.15) is 18.1 Å². The molecule has 0 aliphatic carbocycles. The van der Waals surface area contributed by atoms with E-state index in [0.29, 0.717) is 18.8 Å². The molecule has 2 aromatic carbocycles. The third-order valence-corrected chi connectivity index (χ3v) is 5.38. The second-order valence-corrected chi connectivity index (χ2v) is 8.15. The van der Waals surface area contributed by atoms with Crippen LogP contribution < -0.4 is 20.5 Å². The molecule has 1 saturated heterocycles. The van der Waals surface area contributed by atoms with Crippen molar-refractivity contribution in [2.75, 3.05) is 31.5 Å². The fourth-order valence-corrected chi connectivity index (χ4v) is 3.43. The maximum atomic E-state index is 12.3. The number of benzene rings is 2. The fraction of sp³-hybridized carbons (Fsp3) is 0.458. The van der Waals surface area contributed by atoms with Crippen LogP contribution in [0.5, 0.6) is 11.5 Å². The molecule has 0 amide bonds. The van der Waals surface area contributed by atoms with Crippen LogP contribution >= 0.6 is 0 Å². The van der Waals surface area contributed by atoms with Gasteiger partial charge in [0.2, 0.25) is 0 Å². The van der Waals surface area contributed by atoms with E-state index in [-0.39, 0.29) is 12.4 Å². The van der Waals surface area contributed by atoms with Gasteiger partial charge in [-0.15, -0.1) is 13.2 Å². The van der Waals surface area contributed by atoms with Gasteiger partial charge < -0.3 is 25.4 Å². The summed E-state index contributed by atoms with van der Waals surface area (Å²) in [6.45, 7) is 5.75. The van der Waals surface area contributed by atoms with Crippen LogP contribution in [-0.2, 0) is 6.61 Å². The van der Waals surface area contributed by atoms with Crippen molar-refractivity contribution >= 4 is 11.6 Å². The van der Waals surface area contributed by atoms with Crippen molar-refractivity contribution in [3.05, 3.63) is 54.1 Å². The summed E-state index contributed by atoms with van der Waals surface area (Å²) in [4.78, 5) is 7.01. The molecule has 1 heterocycles. The highest BCUT2D eigenvalue weighted by Gasteiger charge is 2.30. The molecule has 3 rings (SSSR count). The zero-order valence-electron chi connectivity index (χ0n) is 18.8. The third-order valence-electron chi connectivity index (χ3n) is 5.38. The fourth-order valence-electron chi connectivity index (χ4n) is 3.43. The number of halogens is 3. The summed E-state index contributed by atoms with van der Waals surface area (Å²) in [5.74, 6) is 2.00. The maximum absolute atomic E-state index is 12.3. The van der Waals surface area contributed by atoms with Crippen molar-refractivity contribution in [3.8, 4) is 11.5 Å². The minimum absolute atomic E-state index is 0.233. The van der Waals surface area contributed by atoms with Crippen LogP contribution in [0.4, 0.5) is 18.9 Å². The molecular formula is C24H31F3N4O2. The van der Waals surface area contributed by atoms with Gasteiger partial charge in [-0.1, -0.05) is 19.1 Å². The van der Waals surface area contributed by atoms with Crippen LogP contribution in [0.1, 0.15) is 31.7 Å². The molecule has 9 heteroatoms. The summed E-state index contributed by atoms with van der Waals surface area (Å²) in [5.41, 5.74) is 7.25. The first kappa shape index (κ1) is 24.7. The number of guanidine groups is 1. The molecule has 0 bridgehead atoms. The first-order chi connectivity index (χ1) is 15.8. The zero-order valence-corrected chi connectivity index (χ0v) is 18.8. The predicted molar refractivity (Wildman–Crippen MR) is 123 cm³/mol. The van der Waals surface area contributed by atoms with E-state index < -0.39 is 6.36 Å². The van der Waals surface area contributed by atoms with Gasteiger partial charge in [-0.3, -0.25) is 4.99 Å². The Bertz CT molecular complexity index is 878. The normalized spacial score (nSPS) is 15.4. The maximum Gasteiger partial charge on any atom is 0.573 e. The number of likely N-dealkylation sites (tertiary alicyclic amines) is 1. The van der Waals surface area contributed by atoms with Gasteiger partial charge in [0.25, 0.3) is 0 Å². The largest absolute Gasteiger partial charge is 0.573 e. The SMILES string of the molecule is CC1CCN(C(=NCCCN)Nc2ccc(OCc3ccc(OC(F)(F)F)cc3)cc2)CC1. The molecule has 0 unspecified atom stereocenters. The quantitative estimate of drug-likeness (QED) is 0.326. The van der Waals surface area contributed by atoms with Gasteiger partial charge in [-0.2, -0.15) is 0 Å². The van der Waals surface area contributed by atoms with Crippen molar-refractivity contribution in [3.63, 3.8) is 0 Å². The Morgan fingerprint density at radius 1 is 1.06 bits per heavy atom. The summed E-state index contributed by atoms with van der Waals surface area (Å²) in [7, 11) is 0. The molecule has 0 aromatic heterocycles. The smallest absolute Gasteiger partial charge is 0.489 e. The number of ether oxygens (including phenoxy) is 2. The van der Waals surface area contributed by atoms with Crippen LogP contribution in [-0.4, -0.2) is 43.4 Å². The standard InChI is InChI=1S/C24H31F3N4O2/c1-18-11-15-31(16-12-18)23(29-14-2-13-28)30-20-5-9-21(10-6-20)32-17-19-3-7-22(8-4-19)33-24(25,26)27/h3-10,18H,2,11-17,28H2,1H3,(H,29,30). The van der Waals surface area contributed by atoms with Crippen molar-refractivity contribution in [1.82, 2.24) is 4.90 Å². The Kier molecular flexibility index (Phi) is 8.82. The van der Waals surface area contributed by atoms with Gasteiger partial charge in [0.05, 0.1) is 0 Å². The molecule has 1 aliphatic heterocycles. The molecule has 3 N–H and O–H groups in total. The monoisotopic (exact) mass is 464 g/mol. The van der Waals surface area contributed by atoms with Crippen molar-refractivity contribution in [2.24, 2.45) is 16.6 Å². The number of piperidine rings is 1. The molecule has 33 heavy (non-hydrogen) atoms. The van der Waals surface area contributed by atoms with Gasteiger partial charge in [0, 0.05) is 25.3 Å². The highest BCUT2D eigenvalue weighted by molar-refractivity contribution is 5.93. The molecule has 180 valence electrons. The number of nitrogens with two attached hydrogens (primary N) is 1. The molecule has 1 aliphatic rings. The van der Waals surface area contributed by atoms with Crippen LogP contribution in [0, 0.1) is 5.92 Å².